The number of aromatic hydroxyl groups is 1. The number of ether oxygens (including phenoxy) is 3. The number of nitrogens with one attached hydrogen (secondary N) is 1. The summed E-state index contributed by atoms with van der Waals surface area (Å²) in [4.78, 5) is 47.8. The Hall–Kier alpha value is -5.64. The summed E-state index contributed by atoms with van der Waals surface area (Å²) < 4.78 is 49.9. The molecule has 5 N–H and O–H groups in total. The zero-order valence-corrected chi connectivity index (χ0v) is 27.2. The predicted molar refractivity (Wildman–Crippen MR) is 172 cm³/mol. The number of amides is 3. The Morgan fingerprint density at radius 2 is 1.62 bits per heavy atom. The van der Waals surface area contributed by atoms with Crippen molar-refractivity contribution in [2.24, 2.45) is 5.73 Å². The number of nitrogens with zero attached hydrogens (tertiary/aromatic N) is 2. The number of likely N-dealkylation sites (tertiary alicyclic amines) is 1. The molecule has 50 heavy (non-hydrogen) atoms. The van der Waals surface area contributed by atoms with E-state index in [9.17, 15) is 32.7 Å². The first-order valence-electron chi connectivity index (χ1n) is 15.4. The lowest BCUT2D eigenvalue weighted by molar-refractivity contribution is -0.907. The van der Waals surface area contributed by atoms with Crippen molar-refractivity contribution in [2.45, 2.75) is 38.5 Å². The topological polar surface area (TPSA) is 177 Å². The van der Waals surface area contributed by atoms with Gasteiger partial charge in [0.15, 0.2) is 17.5 Å². The molecule has 1 saturated heterocycles. The first-order chi connectivity index (χ1) is 23.6. The monoisotopic (exact) mass is 702 g/mol. The fourth-order valence-corrected chi connectivity index (χ4v) is 5.58. The fourth-order valence-electron chi connectivity index (χ4n) is 5.58. The predicted octanol–water partition coefficient (Wildman–Crippen LogP) is 4.06. The van der Waals surface area contributed by atoms with Gasteiger partial charge in [0.25, 0.3) is 5.91 Å². The van der Waals surface area contributed by atoms with Crippen LogP contribution in [0.1, 0.15) is 34.8 Å². The van der Waals surface area contributed by atoms with Crippen LogP contribution in [0, 0.1) is 0 Å². The van der Waals surface area contributed by atoms with Crippen molar-refractivity contribution >= 4 is 35.3 Å². The van der Waals surface area contributed by atoms with Crippen molar-refractivity contribution in [3.8, 4) is 17.2 Å². The molecule has 2 atom stereocenters. The maximum atomic E-state index is 13.9. The molecule has 0 aliphatic carbocycles. The maximum absolute atomic E-state index is 13.9. The van der Waals surface area contributed by atoms with E-state index in [1.165, 1.54) is 16.7 Å². The third kappa shape index (κ3) is 9.72. The van der Waals surface area contributed by atoms with Crippen molar-refractivity contribution in [1.29, 1.82) is 0 Å². The SMILES string of the molecule is CCOC(=O)c1ccc(NC(=O)/[N+](=C2\CC[N+](C)(Cc3ccc4c(c3)OCO4)C2)[C@@H](Cc2ccc(O)cc2)C(N)=O)cc1.O=C(O)C(F)(F)F. The minimum absolute atomic E-state index is 0.0991. The summed E-state index contributed by atoms with van der Waals surface area (Å²) in [5.41, 5.74) is 9.35. The third-order valence-electron chi connectivity index (χ3n) is 7.96. The van der Waals surface area contributed by atoms with Gasteiger partial charge in [-0.25, -0.2) is 14.9 Å². The molecule has 0 saturated carbocycles. The average molecular weight is 703 g/mol. The molecule has 0 spiro atoms. The maximum Gasteiger partial charge on any atom is 0.496 e. The van der Waals surface area contributed by atoms with Crippen molar-refractivity contribution in [1.82, 2.24) is 0 Å². The summed E-state index contributed by atoms with van der Waals surface area (Å²) in [7, 11) is 2.11. The molecule has 0 radical (unpaired) electrons. The van der Waals surface area contributed by atoms with Gasteiger partial charge < -0.3 is 34.6 Å². The van der Waals surface area contributed by atoms with Crippen LogP contribution in [0.2, 0.25) is 0 Å². The Morgan fingerprint density at radius 3 is 2.22 bits per heavy atom. The van der Waals surface area contributed by atoms with E-state index < -0.39 is 36.1 Å². The van der Waals surface area contributed by atoms with Gasteiger partial charge in [-0.15, -0.1) is 0 Å². The number of carboxylic acids is 1. The van der Waals surface area contributed by atoms with Gasteiger partial charge in [0.2, 0.25) is 6.79 Å². The standard InChI is InChI=1S/C32H34N4O7.C2HF3O2/c1-3-41-31(39)23-7-9-24(10-8-23)34-32(40)35(27(30(33)38)16-21-4-11-26(37)12-5-21)25-14-15-36(2,19-25)18-22-6-13-28-29(17-22)43-20-42-28;3-2(4,5)1(6)7/h4-13,17,27H,3,14-16,18-20H2,1-2H3,(H2-2,33,34,37,38,39,40);(H,6,7)/p+2/b35-25+;/t27-,36?;/m0./s1. The summed E-state index contributed by atoms with van der Waals surface area (Å²) in [6, 6.07) is 17.2. The molecule has 1 unspecified atom stereocenters. The van der Waals surface area contributed by atoms with Gasteiger partial charge in [-0.05, 0) is 67.1 Å². The van der Waals surface area contributed by atoms with Crippen molar-refractivity contribution in [3.63, 3.8) is 0 Å². The van der Waals surface area contributed by atoms with Crippen LogP contribution in [-0.4, -0.2) is 94.6 Å². The molecule has 16 heteroatoms. The summed E-state index contributed by atoms with van der Waals surface area (Å²) in [5, 5.41) is 19.7. The Morgan fingerprint density at radius 1 is 1.00 bits per heavy atom. The molecule has 0 bridgehead atoms. The number of phenols is 1. The number of fused-ring (bicyclic) bond motifs is 1. The first-order valence-corrected chi connectivity index (χ1v) is 15.4. The van der Waals surface area contributed by atoms with Gasteiger partial charge in [0, 0.05) is 12.0 Å². The highest BCUT2D eigenvalue weighted by Gasteiger charge is 2.42. The smallest absolute Gasteiger partial charge is 0.496 e. The van der Waals surface area contributed by atoms with E-state index in [0.717, 1.165) is 29.1 Å². The Kier molecular flexibility index (Phi) is 11.7. The molecule has 1 fully saturated rings. The normalized spacial score (nSPS) is 17.9. The lowest BCUT2D eigenvalue weighted by Gasteiger charge is -2.28. The molecular formula is C34H37F3N4O9+2. The number of benzene rings is 3. The highest BCUT2D eigenvalue weighted by molar-refractivity contribution is 5.95. The molecule has 266 valence electrons. The van der Waals surface area contributed by atoms with E-state index in [4.69, 9.17) is 29.8 Å². The highest BCUT2D eigenvalue weighted by atomic mass is 19.4. The molecule has 2 aliphatic heterocycles. The molecule has 13 nitrogen and oxygen atoms in total. The van der Waals surface area contributed by atoms with E-state index in [1.807, 2.05) is 18.2 Å². The molecule has 5 rings (SSSR count). The lowest BCUT2D eigenvalue weighted by Crippen LogP contribution is -2.49. The number of esters is 1. The van der Waals surface area contributed by atoms with Crippen LogP contribution in [0.25, 0.3) is 0 Å². The number of halogens is 3. The van der Waals surface area contributed by atoms with Gasteiger partial charge in [0.1, 0.15) is 30.2 Å². The largest absolute Gasteiger partial charge is 0.508 e. The van der Waals surface area contributed by atoms with Gasteiger partial charge in [-0.1, -0.05) is 12.1 Å². The highest BCUT2D eigenvalue weighted by Crippen LogP contribution is 2.34. The van der Waals surface area contributed by atoms with Crippen molar-refractivity contribution < 1.29 is 65.8 Å². The number of nitrogens with two attached hydrogens (primary N) is 1. The van der Waals surface area contributed by atoms with Gasteiger partial charge in [-0.3, -0.25) is 4.79 Å². The van der Waals surface area contributed by atoms with E-state index in [1.54, 1.807) is 43.3 Å². The number of phenolic OH excluding ortho intramolecular Hbond substituents is 1. The minimum atomic E-state index is -5.08. The third-order valence-corrected chi connectivity index (χ3v) is 7.96. The van der Waals surface area contributed by atoms with E-state index >= 15 is 0 Å². The summed E-state index contributed by atoms with van der Waals surface area (Å²) >= 11 is 0. The van der Waals surface area contributed by atoms with Crippen molar-refractivity contribution in [3.05, 3.63) is 83.4 Å². The number of urea groups is 1. The number of carboxylic acid groups (broad SMARTS) is 1. The van der Waals surface area contributed by atoms with Crippen LogP contribution < -0.4 is 20.5 Å². The molecule has 2 aliphatic rings. The molecule has 3 aromatic carbocycles. The number of primary amides is 1. The van der Waals surface area contributed by atoms with E-state index in [-0.39, 0.29) is 25.6 Å². The minimum Gasteiger partial charge on any atom is -0.508 e. The summed E-state index contributed by atoms with van der Waals surface area (Å²) in [6.45, 7) is 4.13. The van der Waals surface area contributed by atoms with Crippen LogP contribution in [0.4, 0.5) is 23.7 Å². The van der Waals surface area contributed by atoms with Crippen LogP contribution in [-0.2, 0) is 27.3 Å². The second kappa shape index (κ2) is 15.7. The second-order valence-corrected chi connectivity index (χ2v) is 11.9. The molecule has 2 heterocycles. The van der Waals surface area contributed by atoms with Crippen molar-refractivity contribution in [2.75, 3.05) is 38.9 Å². The number of hydrogen-bond acceptors (Lipinski definition) is 8. The Labute approximate surface area is 284 Å². The Bertz CT molecular complexity index is 1760. The van der Waals surface area contributed by atoms with Gasteiger partial charge in [0.05, 0.1) is 32.2 Å². The average Bonchev–Trinajstić information content (AvgIpc) is 3.68. The van der Waals surface area contributed by atoms with Crippen LogP contribution >= 0.6 is 0 Å². The number of quaternary nitrogens is 1. The number of anilines is 1. The number of alkyl halides is 3. The number of carbonyl (C=O) groups is 4. The molecular weight excluding hydrogens is 665 g/mol. The number of hydrogen-bond donors (Lipinski definition) is 4. The van der Waals surface area contributed by atoms with Gasteiger partial charge in [-0.2, -0.15) is 22.5 Å². The fraction of sp³-hybridized carbons (Fsp3) is 0.324. The van der Waals surface area contributed by atoms with Crippen LogP contribution in [0.5, 0.6) is 17.2 Å². The summed E-state index contributed by atoms with van der Waals surface area (Å²) in [6.07, 6.45) is -4.34. The first kappa shape index (κ1) is 37.2. The van der Waals surface area contributed by atoms with E-state index in [2.05, 4.69) is 12.4 Å². The second-order valence-electron chi connectivity index (χ2n) is 11.9. The molecule has 3 amide bonds. The number of rotatable bonds is 9. The van der Waals surface area contributed by atoms with Crippen LogP contribution in [0.15, 0.2) is 66.7 Å². The zero-order valence-electron chi connectivity index (χ0n) is 27.2. The van der Waals surface area contributed by atoms with Gasteiger partial charge >= 0.3 is 24.1 Å². The Balaban J connectivity index is 0.000000727. The lowest BCUT2D eigenvalue weighted by atomic mass is 10.0. The molecule has 3 aromatic rings. The summed E-state index contributed by atoms with van der Waals surface area (Å²) in [5.74, 6) is -2.33. The molecule has 0 aromatic heterocycles. The number of carbonyl (C=O) groups excluding carboxylic acids is 3. The quantitative estimate of drug-likeness (QED) is 0.145. The zero-order chi connectivity index (χ0) is 36.6. The number of aliphatic carboxylic acids is 1. The van der Waals surface area contributed by atoms with Crippen LogP contribution in [0.3, 0.4) is 0 Å². The van der Waals surface area contributed by atoms with E-state index in [0.29, 0.717) is 41.0 Å².